The van der Waals surface area contributed by atoms with E-state index in [-0.39, 0.29) is 23.6 Å². The van der Waals surface area contributed by atoms with E-state index in [1.165, 1.54) is 11.3 Å². The summed E-state index contributed by atoms with van der Waals surface area (Å²) < 4.78 is 8.16. The number of hydrogen-bond donors (Lipinski definition) is 1. The number of rotatable bonds is 5. The van der Waals surface area contributed by atoms with E-state index in [4.69, 9.17) is 4.52 Å². The Morgan fingerprint density at radius 3 is 2.94 bits per heavy atom. The first kappa shape index (κ1) is 20.4. The molecule has 0 spiro atoms. The second-order valence-electron chi connectivity index (χ2n) is 7.96. The number of thiophene rings is 1. The molecule has 4 aromatic rings. The van der Waals surface area contributed by atoms with Crippen LogP contribution in [-0.4, -0.2) is 51.3 Å². The Morgan fingerprint density at radius 2 is 2.16 bits per heavy atom. The molecule has 0 unspecified atom stereocenters. The molecule has 1 aliphatic rings. The molecule has 164 valence electrons. The Morgan fingerprint density at radius 1 is 1.31 bits per heavy atom. The molecule has 1 aromatic carbocycles. The van der Waals surface area contributed by atoms with Gasteiger partial charge < -0.3 is 14.7 Å². The molecule has 2 amide bonds. The largest absolute Gasteiger partial charge is 0.355 e. The number of aromatic nitrogens is 3. The van der Waals surface area contributed by atoms with Gasteiger partial charge in [-0.05, 0) is 36.3 Å². The fourth-order valence-corrected chi connectivity index (χ4v) is 5.54. The highest BCUT2D eigenvalue weighted by atomic mass is 32.1. The summed E-state index contributed by atoms with van der Waals surface area (Å²) in [6.45, 7) is 0.663. The van der Waals surface area contributed by atoms with Gasteiger partial charge in [0.1, 0.15) is 0 Å². The Hall–Kier alpha value is -3.46. The summed E-state index contributed by atoms with van der Waals surface area (Å²) in [6, 6.07) is 9.72. The summed E-state index contributed by atoms with van der Waals surface area (Å²) in [6.07, 6.45) is 5.92. The Bertz CT molecular complexity index is 1300. The number of nitrogens with one attached hydrogen (secondary N) is 1. The lowest BCUT2D eigenvalue weighted by Gasteiger charge is -2.24. The van der Waals surface area contributed by atoms with Crippen LogP contribution in [0, 0.1) is 0 Å². The van der Waals surface area contributed by atoms with Crippen LogP contribution in [0.3, 0.4) is 0 Å². The number of carbonyl (C=O) groups is 2. The maximum atomic E-state index is 13.3. The van der Waals surface area contributed by atoms with Crippen LogP contribution >= 0.6 is 11.3 Å². The molecule has 3 aromatic heterocycles. The first-order valence-electron chi connectivity index (χ1n) is 10.5. The predicted octanol–water partition coefficient (Wildman–Crippen LogP) is 3.50. The van der Waals surface area contributed by atoms with Crippen molar-refractivity contribution in [1.82, 2.24) is 25.2 Å². The van der Waals surface area contributed by atoms with Crippen LogP contribution < -0.4 is 5.32 Å². The van der Waals surface area contributed by atoms with Crippen LogP contribution in [0.15, 0.2) is 47.2 Å². The fraction of sp³-hybridized carbons (Fsp3) is 0.304. The quantitative estimate of drug-likeness (QED) is 0.503. The van der Waals surface area contributed by atoms with E-state index < -0.39 is 0 Å². The van der Waals surface area contributed by atoms with Crippen LogP contribution in [0.2, 0.25) is 0 Å². The number of benzene rings is 1. The van der Waals surface area contributed by atoms with Gasteiger partial charge in [-0.1, -0.05) is 23.4 Å². The van der Waals surface area contributed by atoms with Gasteiger partial charge in [-0.3, -0.25) is 14.3 Å². The minimum atomic E-state index is -0.146. The molecule has 1 N–H and O–H groups in total. The lowest BCUT2D eigenvalue weighted by atomic mass is 10.00. The molecule has 0 saturated carbocycles. The minimum Gasteiger partial charge on any atom is -0.355 e. The lowest BCUT2D eigenvalue weighted by molar-refractivity contribution is 0.0726. The summed E-state index contributed by atoms with van der Waals surface area (Å²) in [4.78, 5) is 28.4. The van der Waals surface area contributed by atoms with E-state index in [9.17, 15) is 9.59 Å². The van der Waals surface area contributed by atoms with Crippen molar-refractivity contribution in [3.8, 4) is 11.3 Å². The van der Waals surface area contributed by atoms with Crippen molar-refractivity contribution in [3.05, 3.63) is 58.9 Å². The van der Waals surface area contributed by atoms with Crippen LogP contribution in [-0.2, 0) is 13.5 Å². The number of carbonyl (C=O) groups excluding carboxylic acids is 2. The molecule has 4 heterocycles. The minimum absolute atomic E-state index is 0.00227. The van der Waals surface area contributed by atoms with Gasteiger partial charge in [-0.25, -0.2) is 0 Å². The van der Waals surface area contributed by atoms with E-state index in [1.54, 1.807) is 24.0 Å². The number of fused-ring (bicyclic) bond motifs is 1. The molecule has 0 bridgehead atoms. The molecule has 5 rings (SSSR count). The smallest absolute Gasteiger partial charge is 0.276 e. The summed E-state index contributed by atoms with van der Waals surface area (Å²) >= 11 is 1.50. The average Bonchev–Trinajstić information content (AvgIpc) is 3.59. The number of hydrogen-bond acceptors (Lipinski definition) is 6. The fourth-order valence-electron chi connectivity index (χ4n) is 4.36. The van der Waals surface area contributed by atoms with Crippen molar-refractivity contribution in [2.24, 2.45) is 7.05 Å². The summed E-state index contributed by atoms with van der Waals surface area (Å²) in [5.41, 5.74) is 2.07. The molecular formula is C23H23N5O3S. The number of likely N-dealkylation sites (tertiary alicyclic amines) is 1. The number of nitrogens with zero attached hydrogens (tertiary/aromatic N) is 4. The molecule has 0 aliphatic carbocycles. The van der Waals surface area contributed by atoms with Gasteiger partial charge in [0.2, 0.25) is 0 Å². The number of amides is 2. The molecule has 0 radical (unpaired) electrons. The number of aryl methyl sites for hydroxylation is 1. The molecule has 1 atom stereocenters. The third kappa shape index (κ3) is 3.58. The highest BCUT2D eigenvalue weighted by molar-refractivity contribution is 7.21. The molecule has 1 saturated heterocycles. The second kappa shape index (κ2) is 8.23. The molecule has 8 nitrogen and oxygen atoms in total. The monoisotopic (exact) mass is 449 g/mol. The highest BCUT2D eigenvalue weighted by Crippen LogP contribution is 2.35. The topological polar surface area (TPSA) is 93.3 Å². The van der Waals surface area contributed by atoms with Gasteiger partial charge in [0, 0.05) is 43.6 Å². The van der Waals surface area contributed by atoms with Crippen molar-refractivity contribution < 1.29 is 14.1 Å². The van der Waals surface area contributed by atoms with Crippen LogP contribution in [0.1, 0.15) is 38.6 Å². The highest BCUT2D eigenvalue weighted by Gasteiger charge is 2.33. The zero-order valence-corrected chi connectivity index (χ0v) is 18.7. The van der Waals surface area contributed by atoms with Crippen molar-refractivity contribution in [3.63, 3.8) is 0 Å². The maximum absolute atomic E-state index is 13.3. The van der Waals surface area contributed by atoms with Crippen molar-refractivity contribution in [1.29, 1.82) is 0 Å². The summed E-state index contributed by atoms with van der Waals surface area (Å²) in [5.74, 6) is 0.282. The third-order valence-electron chi connectivity index (χ3n) is 5.93. The Balaban J connectivity index is 1.42. The van der Waals surface area contributed by atoms with E-state index >= 15 is 0 Å². The first-order chi connectivity index (χ1) is 15.5. The molecule has 1 fully saturated rings. The van der Waals surface area contributed by atoms with Crippen LogP contribution in [0.5, 0.6) is 0 Å². The van der Waals surface area contributed by atoms with Crippen LogP contribution in [0.25, 0.3) is 21.4 Å². The SMILES string of the molecule is CNC(=O)c1sc2ccccc2c1C[C@@H]1CCCN1C(=O)c1cc(-c2cnn(C)c2)on1. The lowest BCUT2D eigenvalue weighted by Crippen LogP contribution is -2.37. The van der Waals surface area contributed by atoms with Gasteiger partial charge in [0.15, 0.2) is 11.5 Å². The average molecular weight is 450 g/mol. The third-order valence-corrected chi connectivity index (χ3v) is 7.14. The van der Waals surface area contributed by atoms with E-state index in [1.807, 2.05) is 42.4 Å². The van der Waals surface area contributed by atoms with Gasteiger partial charge in [-0.15, -0.1) is 11.3 Å². The summed E-state index contributed by atoms with van der Waals surface area (Å²) in [5, 5.41) is 12.0. The predicted molar refractivity (Wildman–Crippen MR) is 122 cm³/mol. The standard InChI is InChI=1S/C23H23N5O3S/c1-24-22(29)21-17(16-7-3-4-8-20(16)32-21)10-15-6-5-9-28(15)23(30)18-11-19(31-26-18)14-12-25-27(2)13-14/h3-4,7-8,11-13,15H,5-6,9-10H2,1-2H3,(H,24,29)/t15-/m0/s1. The normalized spacial score (nSPS) is 16.1. The van der Waals surface area contributed by atoms with Gasteiger partial charge in [0.25, 0.3) is 11.8 Å². The maximum Gasteiger partial charge on any atom is 0.276 e. The van der Waals surface area contributed by atoms with Crippen LogP contribution in [0.4, 0.5) is 0 Å². The molecule has 1 aliphatic heterocycles. The second-order valence-corrected chi connectivity index (χ2v) is 9.02. The van der Waals surface area contributed by atoms with Gasteiger partial charge in [0.05, 0.1) is 16.6 Å². The Labute approximate surface area is 188 Å². The molecule has 32 heavy (non-hydrogen) atoms. The van der Waals surface area contributed by atoms with E-state index in [0.717, 1.165) is 34.1 Å². The van der Waals surface area contributed by atoms with Gasteiger partial charge >= 0.3 is 0 Å². The van der Waals surface area contributed by atoms with Crippen molar-refractivity contribution in [2.75, 3.05) is 13.6 Å². The first-order valence-corrected chi connectivity index (χ1v) is 11.4. The Kier molecular flexibility index (Phi) is 5.26. The zero-order chi connectivity index (χ0) is 22.2. The van der Waals surface area contributed by atoms with Crippen molar-refractivity contribution in [2.45, 2.75) is 25.3 Å². The van der Waals surface area contributed by atoms with Crippen molar-refractivity contribution >= 4 is 33.2 Å². The molecule has 9 heteroatoms. The molecular weight excluding hydrogens is 426 g/mol. The van der Waals surface area contributed by atoms with E-state index in [2.05, 4.69) is 15.6 Å². The summed E-state index contributed by atoms with van der Waals surface area (Å²) in [7, 11) is 3.47. The zero-order valence-electron chi connectivity index (χ0n) is 17.9. The van der Waals surface area contributed by atoms with E-state index in [0.29, 0.717) is 23.6 Å². The van der Waals surface area contributed by atoms with Gasteiger partial charge in [-0.2, -0.15) is 5.10 Å².